The summed E-state index contributed by atoms with van der Waals surface area (Å²) in [5, 5.41) is 2.15. The lowest BCUT2D eigenvalue weighted by Gasteiger charge is -2.29. The van der Waals surface area contributed by atoms with E-state index in [-0.39, 0.29) is 0 Å². The lowest BCUT2D eigenvalue weighted by molar-refractivity contribution is 0.230. The molecule has 0 saturated carbocycles. The monoisotopic (exact) mass is 302 g/mol. The minimum Gasteiger partial charge on any atom is -0.329 e. The highest BCUT2D eigenvalue weighted by molar-refractivity contribution is 7.09. The molecule has 21 heavy (non-hydrogen) atoms. The van der Waals surface area contributed by atoms with Gasteiger partial charge in [0.2, 0.25) is 0 Å². The number of rotatable bonds is 8. The molecule has 2 rings (SSSR count). The van der Waals surface area contributed by atoms with Gasteiger partial charge in [-0.3, -0.25) is 0 Å². The highest BCUT2D eigenvalue weighted by Crippen LogP contribution is 2.22. The summed E-state index contributed by atoms with van der Waals surface area (Å²) in [6.45, 7) is 4.09. The molecular formula is C18H26N2S. The van der Waals surface area contributed by atoms with Crippen LogP contribution in [0.15, 0.2) is 47.8 Å². The van der Waals surface area contributed by atoms with E-state index in [1.807, 2.05) is 11.3 Å². The number of nitrogens with zero attached hydrogens (tertiary/aromatic N) is 1. The van der Waals surface area contributed by atoms with E-state index in [1.165, 1.54) is 10.4 Å². The van der Waals surface area contributed by atoms with E-state index in [1.54, 1.807) is 0 Å². The molecule has 2 nitrogen and oxygen atoms in total. The van der Waals surface area contributed by atoms with Gasteiger partial charge in [0.15, 0.2) is 0 Å². The first-order valence-corrected chi connectivity index (χ1v) is 8.56. The molecule has 0 spiro atoms. The normalized spacial score (nSPS) is 14.3. The van der Waals surface area contributed by atoms with Crippen molar-refractivity contribution in [1.82, 2.24) is 4.90 Å². The summed E-state index contributed by atoms with van der Waals surface area (Å²) in [4.78, 5) is 3.87. The predicted octanol–water partition coefficient (Wildman–Crippen LogP) is 3.74. The average molecular weight is 302 g/mol. The molecule has 2 aromatic rings. The van der Waals surface area contributed by atoms with Crippen molar-refractivity contribution in [1.29, 1.82) is 0 Å². The maximum atomic E-state index is 6.01. The molecular weight excluding hydrogens is 276 g/mol. The Morgan fingerprint density at radius 2 is 1.90 bits per heavy atom. The van der Waals surface area contributed by atoms with Crippen LogP contribution in [-0.4, -0.2) is 31.1 Å². The van der Waals surface area contributed by atoms with Crippen molar-refractivity contribution in [2.75, 3.05) is 20.1 Å². The molecule has 0 fully saturated rings. The largest absolute Gasteiger partial charge is 0.329 e. The molecule has 2 N–H and O–H groups in total. The zero-order valence-electron chi connectivity index (χ0n) is 13.0. The summed E-state index contributed by atoms with van der Waals surface area (Å²) in [6, 6.07) is 15.5. The van der Waals surface area contributed by atoms with Crippen LogP contribution >= 0.6 is 11.3 Å². The molecule has 0 aliphatic carbocycles. The van der Waals surface area contributed by atoms with Crippen molar-refractivity contribution < 1.29 is 0 Å². The van der Waals surface area contributed by atoms with Gasteiger partial charge < -0.3 is 10.6 Å². The van der Waals surface area contributed by atoms with Crippen molar-refractivity contribution in [3.63, 3.8) is 0 Å². The van der Waals surface area contributed by atoms with Crippen molar-refractivity contribution in [2.45, 2.75) is 31.7 Å². The first kappa shape index (κ1) is 16.2. The highest BCUT2D eigenvalue weighted by Gasteiger charge is 2.17. The molecule has 114 valence electrons. The Labute approximate surface area is 132 Å². The van der Waals surface area contributed by atoms with Crippen LogP contribution in [0.4, 0.5) is 0 Å². The summed E-state index contributed by atoms with van der Waals surface area (Å²) in [5.74, 6) is 0.545. The smallest absolute Gasteiger partial charge is 0.0221 e. The van der Waals surface area contributed by atoms with Crippen LogP contribution in [0.1, 0.15) is 29.7 Å². The summed E-state index contributed by atoms with van der Waals surface area (Å²) >= 11 is 1.84. The van der Waals surface area contributed by atoms with E-state index in [0.717, 1.165) is 25.9 Å². The predicted molar refractivity (Wildman–Crippen MR) is 93.0 cm³/mol. The average Bonchev–Trinajstić information content (AvgIpc) is 3.04. The summed E-state index contributed by atoms with van der Waals surface area (Å²) in [7, 11) is 2.20. The molecule has 0 saturated heterocycles. The van der Waals surface area contributed by atoms with Gasteiger partial charge in [0.1, 0.15) is 0 Å². The Morgan fingerprint density at radius 3 is 2.52 bits per heavy atom. The van der Waals surface area contributed by atoms with Crippen LogP contribution in [0.2, 0.25) is 0 Å². The third-order valence-corrected chi connectivity index (χ3v) is 5.12. The molecule has 3 heteroatoms. The van der Waals surface area contributed by atoms with Crippen molar-refractivity contribution in [2.24, 2.45) is 5.73 Å². The van der Waals surface area contributed by atoms with Gasteiger partial charge in [0, 0.05) is 24.0 Å². The molecule has 0 bridgehead atoms. The zero-order chi connectivity index (χ0) is 15.1. The van der Waals surface area contributed by atoms with Gasteiger partial charge in [-0.15, -0.1) is 11.3 Å². The quantitative estimate of drug-likeness (QED) is 0.805. The number of benzene rings is 1. The fourth-order valence-corrected chi connectivity index (χ4v) is 3.40. The molecule has 1 aromatic heterocycles. The lowest BCUT2D eigenvalue weighted by atomic mass is 9.93. The molecule has 2 atom stereocenters. The summed E-state index contributed by atoms with van der Waals surface area (Å²) in [5.41, 5.74) is 7.42. The summed E-state index contributed by atoms with van der Waals surface area (Å²) in [6.07, 6.45) is 2.23. The first-order chi connectivity index (χ1) is 10.2. The van der Waals surface area contributed by atoms with E-state index >= 15 is 0 Å². The van der Waals surface area contributed by atoms with E-state index < -0.39 is 0 Å². The van der Waals surface area contributed by atoms with Gasteiger partial charge in [-0.05, 0) is 42.8 Å². The standard InChI is InChI=1S/C18H26N2S/c1-15(16-7-4-3-5-8-16)13-17(14-19)20(2)11-10-18-9-6-12-21-18/h3-9,12,15,17H,10-11,13-14,19H2,1-2H3. The minimum absolute atomic E-state index is 0.445. The van der Waals surface area contributed by atoms with Crippen LogP contribution in [0, 0.1) is 0 Å². The number of nitrogens with two attached hydrogens (primary N) is 1. The number of likely N-dealkylation sites (N-methyl/N-ethyl adjacent to an activating group) is 1. The van der Waals surface area contributed by atoms with Gasteiger partial charge in [-0.2, -0.15) is 0 Å². The number of thiophene rings is 1. The second kappa shape index (κ2) is 8.32. The number of hydrogen-bond donors (Lipinski definition) is 1. The summed E-state index contributed by atoms with van der Waals surface area (Å²) < 4.78 is 0. The van der Waals surface area contributed by atoms with E-state index in [0.29, 0.717) is 12.0 Å². The van der Waals surface area contributed by atoms with Gasteiger partial charge in [0.05, 0.1) is 0 Å². The molecule has 2 unspecified atom stereocenters. The van der Waals surface area contributed by atoms with Gasteiger partial charge in [-0.1, -0.05) is 43.3 Å². The van der Waals surface area contributed by atoms with Gasteiger partial charge in [-0.25, -0.2) is 0 Å². The van der Waals surface area contributed by atoms with Crippen LogP contribution in [-0.2, 0) is 6.42 Å². The topological polar surface area (TPSA) is 29.3 Å². The Bertz CT molecular complexity index is 495. The van der Waals surface area contributed by atoms with Crippen molar-refractivity contribution in [3.05, 3.63) is 58.3 Å². The van der Waals surface area contributed by atoms with E-state index in [4.69, 9.17) is 5.73 Å². The Morgan fingerprint density at radius 1 is 1.14 bits per heavy atom. The van der Waals surface area contributed by atoms with Crippen LogP contribution in [0.5, 0.6) is 0 Å². The fourth-order valence-electron chi connectivity index (χ4n) is 2.71. The molecule has 0 amide bonds. The molecule has 1 aromatic carbocycles. The van der Waals surface area contributed by atoms with Crippen molar-refractivity contribution >= 4 is 11.3 Å². The minimum atomic E-state index is 0.445. The second-order valence-electron chi connectivity index (χ2n) is 5.75. The van der Waals surface area contributed by atoms with E-state index in [9.17, 15) is 0 Å². The van der Waals surface area contributed by atoms with Crippen molar-refractivity contribution in [3.8, 4) is 0 Å². The molecule has 0 radical (unpaired) electrons. The third kappa shape index (κ3) is 4.95. The van der Waals surface area contributed by atoms with Gasteiger partial charge >= 0.3 is 0 Å². The first-order valence-electron chi connectivity index (χ1n) is 7.68. The lowest BCUT2D eigenvalue weighted by Crippen LogP contribution is -2.39. The highest BCUT2D eigenvalue weighted by atomic mass is 32.1. The number of hydrogen-bond acceptors (Lipinski definition) is 3. The molecule has 1 heterocycles. The van der Waals surface area contributed by atoms with Crippen LogP contribution in [0.3, 0.4) is 0 Å². The van der Waals surface area contributed by atoms with Crippen LogP contribution in [0.25, 0.3) is 0 Å². The maximum absolute atomic E-state index is 6.01. The molecule has 0 aliphatic rings. The van der Waals surface area contributed by atoms with E-state index in [2.05, 4.69) is 66.7 Å². The van der Waals surface area contributed by atoms with Gasteiger partial charge in [0.25, 0.3) is 0 Å². The SMILES string of the molecule is CC(CC(CN)N(C)CCc1cccs1)c1ccccc1. The second-order valence-corrected chi connectivity index (χ2v) is 6.78. The third-order valence-electron chi connectivity index (χ3n) is 4.18. The fraction of sp³-hybridized carbons (Fsp3) is 0.444. The Kier molecular flexibility index (Phi) is 6.43. The Balaban J connectivity index is 1.86. The Hall–Kier alpha value is -1.16. The van der Waals surface area contributed by atoms with Crippen LogP contribution < -0.4 is 5.73 Å². The molecule has 0 aliphatic heterocycles. The maximum Gasteiger partial charge on any atom is 0.0221 e. The zero-order valence-corrected chi connectivity index (χ0v) is 13.9.